The van der Waals surface area contributed by atoms with Crippen molar-refractivity contribution in [3.8, 4) is 45.8 Å². The molecule has 230 valence electrons. The quantitative estimate of drug-likeness (QED) is 0.122. The monoisotopic (exact) mass is 676 g/mol. The summed E-state index contributed by atoms with van der Waals surface area (Å²) in [6.07, 6.45) is 0. The fourth-order valence-corrected chi connectivity index (χ4v) is 6.69. The predicted molar refractivity (Wildman–Crippen MR) is 171 cm³/mol. The van der Waals surface area contributed by atoms with E-state index in [9.17, 15) is 4.79 Å². The number of rotatable bonds is 12. The maximum Gasteiger partial charge on any atom is 0.239 e. The Hall–Kier alpha value is -3.84. The predicted octanol–water partition coefficient (Wildman–Crippen LogP) is 7.53. The van der Waals surface area contributed by atoms with Gasteiger partial charge in [-0.25, -0.2) is 0 Å². The van der Waals surface area contributed by atoms with Gasteiger partial charge in [0.05, 0.1) is 35.5 Å². The van der Waals surface area contributed by atoms with Crippen LogP contribution in [0.25, 0.3) is 22.3 Å². The van der Waals surface area contributed by atoms with Crippen LogP contribution in [0.4, 0.5) is 0 Å². The second-order valence-electron chi connectivity index (χ2n) is 8.98. The van der Waals surface area contributed by atoms with Gasteiger partial charge in [-0.15, -0.1) is 10.2 Å². The van der Waals surface area contributed by atoms with Gasteiger partial charge in [-0.3, -0.25) is 4.79 Å². The van der Waals surface area contributed by atoms with Gasteiger partial charge in [0.1, 0.15) is 29.1 Å². The van der Waals surface area contributed by atoms with E-state index in [0.29, 0.717) is 53.7 Å². The highest BCUT2D eigenvalue weighted by molar-refractivity contribution is 8.00. The number of nitrogens with zero attached hydrogens (tertiary/aromatic N) is 2. The van der Waals surface area contributed by atoms with Crippen molar-refractivity contribution in [3.63, 3.8) is 0 Å². The molecule has 0 saturated carbocycles. The summed E-state index contributed by atoms with van der Waals surface area (Å²) in [7, 11) is 7.46. The van der Waals surface area contributed by atoms with E-state index < -0.39 is 5.43 Å². The Kier molecular flexibility index (Phi) is 9.94. The van der Waals surface area contributed by atoms with Crippen LogP contribution in [-0.2, 0) is 12.4 Å². The topological polar surface area (TPSA) is 111 Å². The van der Waals surface area contributed by atoms with Gasteiger partial charge in [0.25, 0.3) is 0 Å². The van der Waals surface area contributed by atoms with Gasteiger partial charge in [0.2, 0.25) is 16.9 Å². The fourth-order valence-electron chi connectivity index (χ4n) is 4.32. The summed E-state index contributed by atoms with van der Waals surface area (Å²) in [5.41, 5.74) is 1.15. The van der Waals surface area contributed by atoms with Crippen molar-refractivity contribution in [1.82, 2.24) is 10.2 Å². The number of aromatic nitrogens is 2. The summed E-state index contributed by atoms with van der Waals surface area (Å²) in [6.45, 7) is -0.0495. The molecule has 44 heavy (non-hydrogen) atoms. The van der Waals surface area contributed by atoms with Crippen molar-refractivity contribution in [2.45, 2.75) is 16.7 Å². The smallest absolute Gasteiger partial charge is 0.239 e. The van der Waals surface area contributed by atoms with E-state index in [4.69, 9.17) is 56.0 Å². The van der Waals surface area contributed by atoms with Crippen LogP contribution in [0, 0.1) is 0 Å². The lowest BCUT2D eigenvalue weighted by atomic mass is 10.1. The largest absolute Gasteiger partial charge is 0.496 e. The molecule has 0 N–H and O–H groups in total. The summed E-state index contributed by atoms with van der Waals surface area (Å²) in [5.74, 6) is 2.47. The third-order valence-corrected chi connectivity index (χ3v) is 9.09. The maximum atomic E-state index is 14.0. The number of methoxy groups -OCH3 is 5. The van der Waals surface area contributed by atoms with E-state index in [-0.39, 0.29) is 34.8 Å². The fraction of sp³-hybridized carbons (Fsp3) is 0.233. The first kappa shape index (κ1) is 31.6. The number of thioether (sulfide) groups is 1. The van der Waals surface area contributed by atoms with Gasteiger partial charge in [-0.1, -0.05) is 52.4 Å². The summed E-state index contributed by atoms with van der Waals surface area (Å²) in [5, 5.41) is 10.4. The molecule has 0 fully saturated rings. The number of hydrogen-bond acceptors (Lipinski definition) is 12. The molecule has 0 aliphatic rings. The van der Waals surface area contributed by atoms with E-state index in [2.05, 4.69) is 10.2 Å². The molecule has 0 aliphatic carbocycles. The van der Waals surface area contributed by atoms with Crippen molar-refractivity contribution in [2.24, 2.45) is 0 Å². The van der Waals surface area contributed by atoms with Crippen LogP contribution in [0.3, 0.4) is 0 Å². The molecule has 14 heteroatoms. The molecule has 0 aliphatic heterocycles. The van der Waals surface area contributed by atoms with Gasteiger partial charge in [-0.2, -0.15) is 0 Å². The number of ether oxygens (including phenoxy) is 6. The highest BCUT2D eigenvalue weighted by Crippen LogP contribution is 2.44. The van der Waals surface area contributed by atoms with E-state index in [1.54, 1.807) is 36.4 Å². The Bertz CT molecular complexity index is 1850. The number of hydrogen-bond donors (Lipinski definition) is 0. The minimum Gasteiger partial charge on any atom is -0.496 e. The SMILES string of the molecule is COc1cc(OC)c2c(=O)c(OCc3nnc(SCc4ccc(Cl)cc4Cl)s3)c(-c3cc(OC)c(OC)c(OC)c3)oc2c1. The lowest BCUT2D eigenvalue weighted by Gasteiger charge is -2.16. The van der Waals surface area contributed by atoms with Crippen LogP contribution < -0.4 is 33.8 Å². The molecule has 0 unspecified atom stereocenters. The average molecular weight is 678 g/mol. The van der Waals surface area contributed by atoms with Crippen LogP contribution in [-0.4, -0.2) is 45.7 Å². The third-order valence-electron chi connectivity index (χ3n) is 6.43. The average Bonchev–Trinajstić information content (AvgIpc) is 3.49. The minimum atomic E-state index is -0.453. The molecular formula is C30H26Cl2N2O8S2. The van der Waals surface area contributed by atoms with Gasteiger partial charge < -0.3 is 32.8 Å². The summed E-state index contributed by atoms with van der Waals surface area (Å²) >= 11 is 15.1. The van der Waals surface area contributed by atoms with E-state index >= 15 is 0 Å². The Labute approximate surface area is 270 Å². The van der Waals surface area contributed by atoms with E-state index in [1.807, 2.05) is 6.07 Å². The van der Waals surface area contributed by atoms with Crippen LogP contribution in [0.15, 0.2) is 56.0 Å². The Morgan fingerprint density at radius 2 is 1.57 bits per heavy atom. The van der Waals surface area contributed by atoms with Crippen molar-refractivity contribution in [3.05, 3.63) is 73.3 Å². The van der Waals surface area contributed by atoms with Crippen LogP contribution >= 0.6 is 46.3 Å². The van der Waals surface area contributed by atoms with E-state index in [1.165, 1.54) is 58.6 Å². The molecule has 2 aromatic heterocycles. The highest BCUT2D eigenvalue weighted by atomic mass is 35.5. The lowest BCUT2D eigenvalue weighted by Crippen LogP contribution is -2.11. The zero-order chi connectivity index (χ0) is 31.4. The highest BCUT2D eigenvalue weighted by Gasteiger charge is 2.25. The summed E-state index contributed by atoms with van der Waals surface area (Å²) < 4.78 is 40.6. The Morgan fingerprint density at radius 3 is 2.20 bits per heavy atom. The van der Waals surface area contributed by atoms with Crippen molar-refractivity contribution in [1.29, 1.82) is 0 Å². The van der Waals surface area contributed by atoms with Gasteiger partial charge >= 0.3 is 0 Å². The first-order valence-corrected chi connectivity index (χ1v) is 15.4. The normalized spacial score (nSPS) is 11.0. The minimum absolute atomic E-state index is 0.0495. The molecule has 2 heterocycles. The second kappa shape index (κ2) is 13.9. The molecule has 5 rings (SSSR count). The first-order valence-electron chi connectivity index (χ1n) is 12.8. The molecule has 0 bridgehead atoms. The van der Waals surface area contributed by atoms with Crippen LogP contribution in [0.5, 0.6) is 34.5 Å². The molecular weight excluding hydrogens is 651 g/mol. The molecule has 0 radical (unpaired) electrons. The van der Waals surface area contributed by atoms with Gasteiger partial charge in [0.15, 0.2) is 26.6 Å². The summed E-state index contributed by atoms with van der Waals surface area (Å²) in [4.78, 5) is 14.0. The van der Waals surface area contributed by atoms with Crippen molar-refractivity contribution < 1.29 is 32.8 Å². The number of fused-ring (bicyclic) bond motifs is 1. The second-order valence-corrected chi connectivity index (χ2v) is 12.1. The zero-order valence-electron chi connectivity index (χ0n) is 24.2. The van der Waals surface area contributed by atoms with Crippen LogP contribution in [0.1, 0.15) is 10.6 Å². The zero-order valence-corrected chi connectivity index (χ0v) is 27.3. The lowest BCUT2D eigenvalue weighted by molar-refractivity contribution is 0.295. The van der Waals surface area contributed by atoms with Crippen molar-refractivity contribution in [2.75, 3.05) is 35.5 Å². The third kappa shape index (κ3) is 6.48. The molecule has 10 nitrogen and oxygen atoms in total. The Balaban J connectivity index is 1.53. The first-order chi connectivity index (χ1) is 21.3. The number of halogens is 2. The van der Waals surface area contributed by atoms with Gasteiger partial charge in [0, 0.05) is 33.5 Å². The molecule has 3 aromatic carbocycles. The molecule has 0 spiro atoms. The standard InChI is InChI=1S/C30H26Cl2N2O8S2/c1-36-18-11-20(37-2)25-21(12-18)42-27(16-8-22(38-3)28(40-5)23(9-16)39-4)29(26(25)35)41-13-24-33-34-30(44-24)43-14-15-6-7-17(31)10-19(15)32/h6-12H,13-14H2,1-5H3. The molecule has 0 atom stereocenters. The van der Waals surface area contributed by atoms with Crippen LogP contribution in [0.2, 0.25) is 10.0 Å². The van der Waals surface area contributed by atoms with Crippen molar-refractivity contribution >= 4 is 57.3 Å². The number of benzene rings is 3. The molecule has 0 amide bonds. The summed E-state index contributed by atoms with van der Waals surface area (Å²) in [6, 6.07) is 11.9. The maximum absolute atomic E-state index is 14.0. The van der Waals surface area contributed by atoms with Gasteiger partial charge in [-0.05, 0) is 29.8 Å². The molecule has 5 aromatic rings. The Morgan fingerprint density at radius 1 is 0.841 bits per heavy atom. The van der Waals surface area contributed by atoms with E-state index in [0.717, 1.165) is 5.56 Å². The molecule has 0 saturated heterocycles.